The monoisotopic (exact) mass is 213 g/mol. The fourth-order valence-corrected chi connectivity index (χ4v) is 2.55. The number of hydrogen-bond acceptors (Lipinski definition) is 4. The van der Waals surface area contributed by atoms with Crippen LogP contribution < -0.4 is 5.73 Å². The zero-order valence-corrected chi connectivity index (χ0v) is 9.79. The Morgan fingerprint density at radius 2 is 1.80 bits per heavy atom. The molecule has 4 nitrogen and oxygen atoms in total. The minimum atomic E-state index is -0.453. The molecule has 2 bridgehead atoms. The lowest BCUT2D eigenvalue weighted by Gasteiger charge is -2.41. The number of ether oxygens (including phenoxy) is 1. The van der Waals surface area contributed by atoms with Gasteiger partial charge in [-0.15, -0.1) is 0 Å². The lowest BCUT2D eigenvalue weighted by molar-refractivity contribution is -0.185. The maximum absolute atomic E-state index is 11.6. The summed E-state index contributed by atoms with van der Waals surface area (Å²) in [5, 5.41) is 0. The van der Waals surface area contributed by atoms with Gasteiger partial charge in [-0.1, -0.05) is 13.8 Å². The lowest BCUT2D eigenvalue weighted by atomic mass is 9.64. The van der Waals surface area contributed by atoms with Crippen molar-refractivity contribution in [2.75, 3.05) is 7.05 Å². The number of rotatable bonds is 0. The number of carbonyl (C=O) groups is 2. The first kappa shape index (κ1) is 12.2. The van der Waals surface area contributed by atoms with E-state index in [0.29, 0.717) is 0 Å². The van der Waals surface area contributed by atoms with Crippen LogP contribution in [0.1, 0.15) is 33.6 Å². The molecular formula is C11H19NO3. The Morgan fingerprint density at radius 3 is 2.33 bits per heavy atom. The molecule has 2 atom stereocenters. The Balaban J connectivity index is 0.000000531. The van der Waals surface area contributed by atoms with E-state index in [1.807, 2.05) is 20.8 Å². The Hall–Kier alpha value is -0.900. The fraction of sp³-hybridized carbons (Fsp3) is 0.818. The highest BCUT2D eigenvalue weighted by Crippen LogP contribution is 2.59. The second-order valence-corrected chi connectivity index (χ2v) is 4.85. The van der Waals surface area contributed by atoms with Gasteiger partial charge in [-0.25, -0.2) is 0 Å². The molecule has 0 radical (unpaired) electrons. The van der Waals surface area contributed by atoms with E-state index in [9.17, 15) is 9.59 Å². The molecule has 0 aromatic carbocycles. The van der Waals surface area contributed by atoms with Gasteiger partial charge in [-0.05, 0) is 32.2 Å². The Morgan fingerprint density at radius 1 is 1.27 bits per heavy atom. The number of esters is 2. The van der Waals surface area contributed by atoms with Gasteiger partial charge in [-0.3, -0.25) is 9.59 Å². The summed E-state index contributed by atoms with van der Waals surface area (Å²) in [6, 6.07) is 0. The second kappa shape index (κ2) is 3.59. The summed E-state index contributed by atoms with van der Waals surface area (Å²) in [5.41, 5.74) is 3.81. The number of nitrogens with two attached hydrogens (primary N) is 1. The van der Waals surface area contributed by atoms with Gasteiger partial charge in [0.2, 0.25) is 0 Å². The van der Waals surface area contributed by atoms with Crippen molar-refractivity contribution in [3.05, 3.63) is 0 Å². The smallest absolute Gasteiger partial charge is 0.320 e. The summed E-state index contributed by atoms with van der Waals surface area (Å²) in [6.45, 7) is 5.88. The average Bonchev–Trinajstić information content (AvgIpc) is 2.34. The summed E-state index contributed by atoms with van der Waals surface area (Å²) < 4.78 is 4.73. The van der Waals surface area contributed by atoms with Gasteiger partial charge in [0.25, 0.3) is 0 Å². The highest BCUT2D eigenvalue weighted by Gasteiger charge is 2.63. The molecule has 0 aromatic rings. The van der Waals surface area contributed by atoms with Crippen LogP contribution in [0.25, 0.3) is 0 Å². The number of carbonyl (C=O) groups excluding carboxylic acids is 2. The third-order valence-electron chi connectivity index (χ3n) is 4.15. The van der Waals surface area contributed by atoms with E-state index in [4.69, 9.17) is 4.74 Å². The van der Waals surface area contributed by atoms with Crippen LogP contribution in [0.4, 0.5) is 0 Å². The minimum Gasteiger partial charge on any atom is -0.392 e. The molecule has 1 saturated carbocycles. The zero-order chi connectivity index (χ0) is 11.9. The third kappa shape index (κ3) is 1.39. The molecule has 2 unspecified atom stereocenters. The molecular weight excluding hydrogens is 194 g/mol. The van der Waals surface area contributed by atoms with E-state index in [1.54, 1.807) is 0 Å². The molecule has 86 valence electrons. The van der Waals surface area contributed by atoms with Crippen molar-refractivity contribution in [2.24, 2.45) is 22.5 Å². The summed E-state index contributed by atoms with van der Waals surface area (Å²) in [5.74, 6) is -0.753. The number of fused-ring (bicyclic) bond motifs is 2. The first-order chi connectivity index (χ1) is 6.89. The van der Waals surface area contributed by atoms with Crippen LogP contribution in [0.15, 0.2) is 0 Å². The molecule has 2 fully saturated rings. The fourth-order valence-electron chi connectivity index (χ4n) is 2.55. The third-order valence-corrected chi connectivity index (χ3v) is 4.15. The van der Waals surface area contributed by atoms with Gasteiger partial charge in [0.15, 0.2) is 0 Å². The van der Waals surface area contributed by atoms with Crippen LogP contribution in [0.5, 0.6) is 0 Å². The molecule has 0 spiro atoms. The number of cyclic esters (lactones) is 2. The zero-order valence-electron chi connectivity index (χ0n) is 9.79. The quantitative estimate of drug-likeness (QED) is 0.483. The second-order valence-electron chi connectivity index (χ2n) is 4.85. The van der Waals surface area contributed by atoms with Crippen LogP contribution in [-0.4, -0.2) is 19.0 Å². The van der Waals surface area contributed by atoms with Crippen molar-refractivity contribution in [2.45, 2.75) is 33.6 Å². The molecule has 2 rings (SSSR count). The van der Waals surface area contributed by atoms with E-state index in [1.165, 1.54) is 7.05 Å². The van der Waals surface area contributed by atoms with E-state index in [-0.39, 0.29) is 23.3 Å². The Bertz CT molecular complexity index is 298. The summed E-state index contributed by atoms with van der Waals surface area (Å²) >= 11 is 0. The van der Waals surface area contributed by atoms with Gasteiger partial charge in [0.1, 0.15) is 0 Å². The summed E-state index contributed by atoms with van der Waals surface area (Å²) in [4.78, 5) is 22.9. The Kier molecular flexibility index (Phi) is 2.92. The molecule has 2 aliphatic rings. The van der Waals surface area contributed by atoms with Crippen LogP contribution in [0.3, 0.4) is 0 Å². The summed E-state index contributed by atoms with van der Waals surface area (Å²) in [7, 11) is 1.50. The van der Waals surface area contributed by atoms with E-state index in [0.717, 1.165) is 12.8 Å². The Labute approximate surface area is 90.2 Å². The SMILES string of the molecule is CC12CCC(C(=O)OC1=O)C2(C)C.CN. The molecule has 0 amide bonds. The molecule has 1 aliphatic carbocycles. The van der Waals surface area contributed by atoms with Crippen LogP contribution >= 0.6 is 0 Å². The van der Waals surface area contributed by atoms with Crippen molar-refractivity contribution < 1.29 is 14.3 Å². The van der Waals surface area contributed by atoms with Crippen molar-refractivity contribution >= 4 is 11.9 Å². The maximum atomic E-state index is 11.6. The molecule has 4 heteroatoms. The molecule has 0 aromatic heterocycles. The largest absolute Gasteiger partial charge is 0.392 e. The minimum absolute atomic E-state index is 0.0878. The maximum Gasteiger partial charge on any atom is 0.320 e. The first-order valence-corrected chi connectivity index (χ1v) is 5.23. The van der Waals surface area contributed by atoms with Crippen molar-refractivity contribution in [3.63, 3.8) is 0 Å². The van der Waals surface area contributed by atoms with E-state index in [2.05, 4.69) is 5.73 Å². The molecule has 1 saturated heterocycles. The lowest BCUT2D eigenvalue weighted by Crippen LogP contribution is -2.49. The van der Waals surface area contributed by atoms with Gasteiger partial charge in [0, 0.05) is 0 Å². The van der Waals surface area contributed by atoms with Crippen LogP contribution in [0, 0.1) is 16.7 Å². The van der Waals surface area contributed by atoms with E-state index < -0.39 is 5.41 Å². The van der Waals surface area contributed by atoms with Crippen LogP contribution in [-0.2, 0) is 14.3 Å². The van der Waals surface area contributed by atoms with Crippen molar-refractivity contribution in [1.29, 1.82) is 0 Å². The van der Waals surface area contributed by atoms with Crippen molar-refractivity contribution in [1.82, 2.24) is 0 Å². The molecule has 1 aliphatic heterocycles. The first-order valence-electron chi connectivity index (χ1n) is 5.23. The predicted molar refractivity (Wildman–Crippen MR) is 55.8 cm³/mol. The van der Waals surface area contributed by atoms with Crippen LogP contribution in [0.2, 0.25) is 0 Å². The molecule has 15 heavy (non-hydrogen) atoms. The summed E-state index contributed by atoms with van der Waals surface area (Å²) in [6.07, 6.45) is 1.56. The van der Waals surface area contributed by atoms with Gasteiger partial charge < -0.3 is 10.5 Å². The topological polar surface area (TPSA) is 69.4 Å². The van der Waals surface area contributed by atoms with E-state index >= 15 is 0 Å². The standard InChI is InChI=1S/C10H14O3.CH5N/c1-9(2)6-4-5-10(9,3)8(12)13-7(6)11;1-2/h6H,4-5H2,1-3H3;2H2,1H3. The number of hydrogen-bond donors (Lipinski definition) is 1. The molecule has 1 heterocycles. The normalized spacial score (nSPS) is 36.7. The highest BCUT2D eigenvalue weighted by molar-refractivity contribution is 5.95. The molecule has 2 N–H and O–H groups in total. The average molecular weight is 213 g/mol. The van der Waals surface area contributed by atoms with Gasteiger partial charge >= 0.3 is 11.9 Å². The predicted octanol–water partition coefficient (Wildman–Crippen LogP) is 1.09. The highest BCUT2D eigenvalue weighted by atomic mass is 16.6. The van der Waals surface area contributed by atoms with Gasteiger partial charge in [0.05, 0.1) is 11.3 Å². The van der Waals surface area contributed by atoms with Crippen molar-refractivity contribution in [3.8, 4) is 0 Å². The van der Waals surface area contributed by atoms with Gasteiger partial charge in [-0.2, -0.15) is 0 Å².